The summed E-state index contributed by atoms with van der Waals surface area (Å²) in [5, 5.41) is 15.1. The number of benzene rings is 1. The second kappa shape index (κ2) is 7.93. The van der Waals surface area contributed by atoms with E-state index in [-0.39, 0.29) is 29.7 Å². The van der Waals surface area contributed by atoms with Gasteiger partial charge in [-0.3, -0.25) is 4.79 Å². The minimum absolute atomic E-state index is 0.0439. The molecule has 2 aromatic heterocycles. The minimum atomic E-state index is -0.269. The van der Waals surface area contributed by atoms with Gasteiger partial charge in [-0.25, -0.2) is 0 Å². The normalized spacial score (nSPS) is 19.8. The first-order valence-electron chi connectivity index (χ1n) is 9.42. The van der Waals surface area contributed by atoms with Crippen molar-refractivity contribution < 1.29 is 18.5 Å². The molecule has 1 aromatic carbocycles. The van der Waals surface area contributed by atoms with E-state index in [0.717, 1.165) is 18.4 Å². The maximum Gasteiger partial charge on any atom is 0.290 e. The summed E-state index contributed by atoms with van der Waals surface area (Å²) in [6.45, 7) is 4.39. The largest absolute Gasteiger partial charge is 0.422 e. The molecule has 0 aliphatic heterocycles. The Labute approximate surface area is 162 Å². The zero-order valence-electron chi connectivity index (χ0n) is 15.8. The Balaban J connectivity index is 1.30. The van der Waals surface area contributed by atoms with Crippen LogP contribution in [0.4, 0.5) is 0 Å². The second-order valence-electron chi connectivity index (χ2n) is 6.86. The molecule has 1 unspecified atom stereocenters. The highest BCUT2D eigenvalue weighted by atomic mass is 16.5. The summed E-state index contributed by atoms with van der Waals surface area (Å²) in [5.41, 5.74) is 1.54. The monoisotopic (exact) mass is 382 g/mol. The van der Waals surface area contributed by atoms with Gasteiger partial charge in [-0.15, -0.1) is 10.2 Å². The van der Waals surface area contributed by atoms with Crippen LogP contribution < -0.4 is 5.32 Å². The SMILES string of the molecule is CCOC(C)c1nnc(C2CC(NC(=O)c3cc(-c4ccccc4)no3)C2)o1. The highest BCUT2D eigenvalue weighted by molar-refractivity contribution is 5.92. The van der Waals surface area contributed by atoms with E-state index in [2.05, 4.69) is 20.7 Å². The van der Waals surface area contributed by atoms with Crippen molar-refractivity contribution in [2.24, 2.45) is 0 Å². The molecule has 0 saturated heterocycles. The molecule has 8 nitrogen and oxygen atoms in total. The Hall–Kier alpha value is -3.00. The number of ether oxygens (including phenoxy) is 1. The van der Waals surface area contributed by atoms with Gasteiger partial charge in [-0.2, -0.15) is 0 Å². The lowest BCUT2D eigenvalue weighted by Gasteiger charge is -2.33. The number of rotatable bonds is 7. The number of carbonyl (C=O) groups is 1. The van der Waals surface area contributed by atoms with E-state index in [0.29, 0.717) is 24.1 Å². The van der Waals surface area contributed by atoms with E-state index in [1.54, 1.807) is 6.07 Å². The first-order valence-corrected chi connectivity index (χ1v) is 9.42. The first kappa shape index (κ1) is 18.4. The van der Waals surface area contributed by atoms with Crippen LogP contribution in [0.5, 0.6) is 0 Å². The Morgan fingerprint density at radius 2 is 2.07 bits per heavy atom. The van der Waals surface area contributed by atoms with Gasteiger partial charge in [0, 0.05) is 30.2 Å². The van der Waals surface area contributed by atoms with Crippen molar-refractivity contribution in [3.05, 3.63) is 53.9 Å². The lowest BCUT2D eigenvalue weighted by Crippen LogP contribution is -2.43. The number of hydrogen-bond acceptors (Lipinski definition) is 7. The van der Waals surface area contributed by atoms with Gasteiger partial charge in [0.05, 0.1) is 0 Å². The van der Waals surface area contributed by atoms with Crippen molar-refractivity contribution in [1.82, 2.24) is 20.7 Å². The summed E-state index contributed by atoms with van der Waals surface area (Å²) in [7, 11) is 0. The van der Waals surface area contributed by atoms with Crippen LogP contribution in [-0.2, 0) is 4.74 Å². The first-order chi connectivity index (χ1) is 13.6. The average Bonchev–Trinajstić information content (AvgIpc) is 3.35. The molecule has 0 spiro atoms. The molecule has 1 aliphatic rings. The van der Waals surface area contributed by atoms with Gasteiger partial charge in [-0.05, 0) is 26.7 Å². The van der Waals surface area contributed by atoms with Gasteiger partial charge < -0.3 is 19.0 Å². The Bertz CT molecular complexity index is 931. The lowest BCUT2D eigenvalue weighted by atomic mass is 9.80. The van der Waals surface area contributed by atoms with E-state index >= 15 is 0 Å². The molecule has 1 saturated carbocycles. The summed E-state index contributed by atoms with van der Waals surface area (Å²) >= 11 is 0. The van der Waals surface area contributed by atoms with E-state index in [1.807, 2.05) is 44.2 Å². The van der Waals surface area contributed by atoms with Crippen molar-refractivity contribution in [3.63, 3.8) is 0 Å². The van der Waals surface area contributed by atoms with Gasteiger partial charge in [0.1, 0.15) is 11.8 Å². The molecule has 0 radical (unpaired) electrons. The summed E-state index contributed by atoms with van der Waals surface area (Å²) in [6, 6.07) is 11.3. The maximum absolute atomic E-state index is 12.4. The van der Waals surface area contributed by atoms with Crippen LogP contribution in [0, 0.1) is 0 Å². The zero-order chi connectivity index (χ0) is 19.5. The van der Waals surface area contributed by atoms with Crippen LogP contribution in [-0.4, -0.2) is 33.9 Å². The number of hydrogen-bond donors (Lipinski definition) is 1. The molecule has 1 atom stereocenters. The predicted octanol–water partition coefficient (Wildman–Crippen LogP) is 3.50. The van der Waals surface area contributed by atoms with Crippen molar-refractivity contribution in [1.29, 1.82) is 0 Å². The molecule has 3 aromatic rings. The number of nitrogens with zero attached hydrogens (tertiary/aromatic N) is 3. The predicted molar refractivity (Wildman–Crippen MR) is 99.5 cm³/mol. The zero-order valence-corrected chi connectivity index (χ0v) is 15.8. The molecule has 4 rings (SSSR count). The summed E-state index contributed by atoms with van der Waals surface area (Å²) in [5.74, 6) is 1.16. The lowest BCUT2D eigenvalue weighted by molar-refractivity contribution is 0.0544. The smallest absolute Gasteiger partial charge is 0.290 e. The number of carbonyl (C=O) groups excluding carboxylic acids is 1. The molecule has 1 aliphatic carbocycles. The van der Waals surface area contributed by atoms with E-state index in [4.69, 9.17) is 13.7 Å². The Morgan fingerprint density at radius 3 is 2.82 bits per heavy atom. The molecule has 146 valence electrons. The summed E-state index contributed by atoms with van der Waals surface area (Å²) < 4.78 is 16.4. The van der Waals surface area contributed by atoms with Crippen LogP contribution in [0.25, 0.3) is 11.3 Å². The van der Waals surface area contributed by atoms with Crippen molar-refractivity contribution in [2.45, 2.75) is 44.8 Å². The third-order valence-electron chi connectivity index (χ3n) is 4.85. The van der Waals surface area contributed by atoms with Gasteiger partial charge in [0.25, 0.3) is 5.91 Å². The molecule has 0 bridgehead atoms. The van der Waals surface area contributed by atoms with Crippen molar-refractivity contribution in [2.75, 3.05) is 6.61 Å². The van der Waals surface area contributed by atoms with E-state index in [9.17, 15) is 4.79 Å². The highest BCUT2D eigenvalue weighted by Gasteiger charge is 2.36. The highest BCUT2D eigenvalue weighted by Crippen LogP contribution is 2.37. The van der Waals surface area contributed by atoms with Crippen LogP contribution in [0.1, 0.15) is 61.0 Å². The fourth-order valence-corrected chi connectivity index (χ4v) is 3.22. The third-order valence-corrected chi connectivity index (χ3v) is 4.85. The molecule has 8 heteroatoms. The molecule has 1 fully saturated rings. The molecule has 28 heavy (non-hydrogen) atoms. The number of aromatic nitrogens is 3. The van der Waals surface area contributed by atoms with Crippen LogP contribution in [0.2, 0.25) is 0 Å². The van der Waals surface area contributed by atoms with Gasteiger partial charge in [0.2, 0.25) is 17.5 Å². The Kier molecular flexibility index (Phi) is 5.21. The van der Waals surface area contributed by atoms with Crippen molar-refractivity contribution in [3.8, 4) is 11.3 Å². The summed E-state index contributed by atoms with van der Waals surface area (Å²) in [4.78, 5) is 12.4. The van der Waals surface area contributed by atoms with E-state index < -0.39 is 0 Å². The van der Waals surface area contributed by atoms with Crippen LogP contribution >= 0.6 is 0 Å². The third kappa shape index (κ3) is 3.82. The average molecular weight is 382 g/mol. The number of nitrogens with one attached hydrogen (secondary N) is 1. The quantitative estimate of drug-likeness (QED) is 0.667. The van der Waals surface area contributed by atoms with Crippen molar-refractivity contribution >= 4 is 5.91 Å². The topological polar surface area (TPSA) is 103 Å². The maximum atomic E-state index is 12.4. The van der Waals surface area contributed by atoms with Gasteiger partial charge in [-0.1, -0.05) is 35.5 Å². The molecular formula is C20H22N4O4. The summed E-state index contributed by atoms with van der Waals surface area (Å²) in [6.07, 6.45) is 1.28. The fraction of sp³-hybridized carbons (Fsp3) is 0.400. The molecular weight excluding hydrogens is 360 g/mol. The van der Waals surface area contributed by atoms with Gasteiger partial charge in [0.15, 0.2) is 0 Å². The molecule has 1 N–H and O–H groups in total. The number of amides is 1. The fourth-order valence-electron chi connectivity index (χ4n) is 3.22. The van der Waals surface area contributed by atoms with E-state index in [1.165, 1.54) is 0 Å². The van der Waals surface area contributed by atoms with Crippen LogP contribution in [0.15, 0.2) is 45.3 Å². The Morgan fingerprint density at radius 1 is 1.29 bits per heavy atom. The standard InChI is InChI=1S/C20H22N4O4/c1-3-26-12(2)19-22-23-20(27-19)14-9-15(10-14)21-18(25)17-11-16(24-28-17)13-7-5-4-6-8-13/h4-8,11-12,14-15H,3,9-10H2,1-2H3,(H,21,25). The molecule has 2 heterocycles. The van der Waals surface area contributed by atoms with Gasteiger partial charge >= 0.3 is 0 Å². The molecule has 1 amide bonds. The minimum Gasteiger partial charge on any atom is -0.422 e. The second-order valence-corrected chi connectivity index (χ2v) is 6.86. The van der Waals surface area contributed by atoms with Crippen LogP contribution in [0.3, 0.4) is 0 Å².